The van der Waals surface area contributed by atoms with Gasteiger partial charge in [0, 0.05) is 12.2 Å². The first-order chi connectivity index (χ1) is 10.3. The summed E-state index contributed by atoms with van der Waals surface area (Å²) in [6.45, 7) is 8.95. The van der Waals surface area contributed by atoms with E-state index in [4.69, 9.17) is 4.74 Å². The van der Waals surface area contributed by atoms with Crippen molar-refractivity contribution in [1.29, 1.82) is 0 Å². The van der Waals surface area contributed by atoms with E-state index in [1.165, 1.54) is 5.56 Å². The third-order valence-electron chi connectivity index (χ3n) is 4.46. The van der Waals surface area contributed by atoms with Crippen LogP contribution in [0.4, 0.5) is 0 Å². The van der Waals surface area contributed by atoms with Crippen LogP contribution in [0.3, 0.4) is 0 Å². The van der Waals surface area contributed by atoms with Crippen LogP contribution < -0.4 is 0 Å². The van der Waals surface area contributed by atoms with E-state index in [0.717, 1.165) is 30.6 Å². The van der Waals surface area contributed by atoms with Crippen molar-refractivity contribution in [1.82, 2.24) is 0 Å². The van der Waals surface area contributed by atoms with Gasteiger partial charge in [-0.05, 0) is 68.7 Å². The molecule has 1 fully saturated rings. The minimum atomic E-state index is -0.834. The van der Waals surface area contributed by atoms with E-state index < -0.39 is 5.97 Å². The predicted octanol–water partition coefficient (Wildman–Crippen LogP) is 4.55. The van der Waals surface area contributed by atoms with Gasteiger partial charge in [-0.3, -0.25) is 0 Å². The van der Waals surface area contributed by atoms with Gasteiger partial charge < -0.3 is 9.84 Å². The Labute approximate surface area is 133 Å². The summed E-state index contributed by atoms with van der Waals surface area (Å²) in [6.07, 6.45) is 4.36. The molecule has 0 bridgehead atoms. The van der Waals surface area contributed by atoms with Crippen molar-refractivity contribution in [3.8, 4) is 0 Å². The maximum atomic E-state index is 11.2. The lowest BCUT2D eigenvalue weighted by molar-refractivity contribution is -0.132. The van der Waals surface area contributed by atoms with E-state index in [9.17, 15) is 9.90 Å². The summed E-state index contributed by atoms with van der Waals surface area (Å²) in [6, 6.07) is 6.42. The molecule has 120 valence electrons. The number of carboxylic acids is 1. The Balaban J connectivity index is 2.32. The molecule has 0 radical (unpaired) electrons. The highest BCUT2D eigenvalue weighted by Gasteiger charge is 2.29. The van der Waals surface area contributed by atoms with Gasteiger partial charge in [0.1, 0.15) is 0 Å². The molecule has 3 nitrogen and oxygen atoms in total. The van der Waals surface area contributed by atoms with Crippen LogP contribution in [0, 0.1) is 6.92 Å². The first-order valence-corrected chi connectivity index (χ1v) is 8.01. The van der Waals surface area contributed by atoms with Crippen molar-refractivity contribution in [2.75, 3.05) is 6.61 Å². The van der Waals surface area contributed by atoms with Crippen molar-refractivity contribution < 1.29 is 14.6 Å². The summed E-state index contributed by atoms with van der Waals surface area (Å²) in [5.41, 5.74) is 3.78. The molecule has 0 aliphatic carbocycles. The molecule has 0 amide bonds. The zero-order chi connectivity index (χ0) is 16.3. The molecule has 1 saturated heterocycles. The van der Waals surface area contributed by atoms with Gasteiger partial charge in [-0.15, -0.1) is 0 Å². The van der Waals surface area contributed by atoms with Gasteiger partial charge in [0.2, 0.25) is 0 Å². The lowest BCUT2D eigenvalue weighted by Gasteiger charge is -2.36. The first kappa shape index (κ1) is 16.8. The average molecular weight is 302 g/mol. The normalized spacial score (nSPS) is 21.6. The molecule has 1 unspecified atom stereocenters. The molecule has 22 heavy (non-hydrogen) atoms. The monoisotopic (exact) mass is 302 g/mol. The first-order valence-electron chi connectivity index (χ1n) is 8.01. The fraction of sp³-hybridized carbons (Fsp3) is 0.526. The van der Waals surface area contributed by atoms with Crippen LogP contribution in [0.15, 0.2) is 23.8 Å². The molecule has 3 heteroatoms. The lowest BCUT2D eigenvalue weighted by Crippen LogP contribution is -2.33. The number of rotatable bonds is 4. The summed E-state index contributed by atoms with van der Waals surface area (Å²) < 4.78 is 5.79. The van der Waals surface area contributed by atoms with Gasteiger partial charge in [0.25, 0.3) is 0 Å². The fourth-order valence-electron chi connectivity index (χ4n) is 3.09. The smallest absolute Gasteiger partial charge is 0.331 e. The minimum Gasteiger partial charge on any atom is -0.478 e. The van der Waals surface area contributed by atoms with Crippen molar-refractivity contribution in [2.45, 2.75) is 58.5 Å². The van der Waals surface area contributed by atoms with Crippen LogP contribution in [-0.4, -0.2) is 23.3 Å². The quantitative estimate of drug-likeness (QED) is 0.830. The molecular formula is C19H26O3. The van der Waals surface area contributed by atoms with Gasteiger partial charge >= 0.3 is 5.97 Å². The molecule has 0 spiro atoms. The van der Waals surface area contributed by atoms with Gasteiger partial charge in [0.15, 0.2) is 0 Å². The molecule has 1 aliphatic heterocycles. The van der Waals surface area contributed by atoms with Gasteiger partial charge in [-0.25, -0.2) is 4.79 Å². The standard InChI is InChI=1S/C19H26O3/c1-5-14(18(20)21)10-17-11-15(7-6-13(17)2)16-8-9-22-19(3,4)12-16/h6-7,10-11,16H,5,8-9,12H2,1-4H3,(H,20,21)/b14-10+. The SMILES string of the molecule is CC/C(=C\c1cc(C2CCOC(C)(C)C2)ccc1C)C(=O)O. The van der Waals surface area contributed by atoms with Gasteiger partial charge in [-0.1, -0.05) is 25.1 Å². The average Bonchev–Trinajstić information content (AvgIpc) is 2.45. The summed E-state index contributed by atoms with van der Waals surface area (Å²) in [7, 11) is 0. The second-order valence-electron chi connectivity index (χ2n) is 6.74. The Hall–Kier alpha value is -1.61. The second kappa shape index (κ2) is 6.66. The number of ether oxygens (including phenoxy) is 1. The number of hydrogen-bond donors (Lipinski definition) is 1. The lowest BCUT2D eigenvalue weighted by atomic mass is 9.82. The Morgan fingerprint density at radius 2 is 2.18 bits per heavy atom. The Morgan fingerprint density at radius 1 is 1.45 bits per heavy atom. The highest BCUT2D eigenvalue weighted by molar-refractivity contribution is 5.92. The van der Waals surface area contributed by atoms with Crippen LogP contribution in [0.5, 0.6) is 0 Å². The highest BCUT2D eigenvalue weighted by Crippen LogP contribution is 2.36. The maximum Gasteiger partial charge on any atom is 0.331 e. The minimum absolute atomic E-state index is 0.0839. The van der Waals surface area contributed by atoms with Gasteiger partial charge in [-0.2, -0.15) is 0 Å². The van der Waals surface area contributed by atoms with Crippen LogP contribution in [0.1, 0.15) is 62.6 Å². The maximum absolute atomic E-state index is 11.2. The number of carbonyl (C=O) groups is 1. The summed E-state index contributed by atoms with van der Waals surface area (Å²) in [5, 5.41) is 9.23. The largest absolute Gasteiger partial charge is 0.478 e. The van der Waals surface area contributed by atoms with E-state index >= 15 is 0 Å². The zero-order valence-corrected chi connectivity index (χ0v) is 14.0. The molecule has 1 N–H and O–H groups in total. The highest BCUT2D eigenvalue weighted by atomic mass is 16.5. The van der Waals surface area contributed by atoms with Gasteiger partial charge in [0.05, 0.1) is 5.60 Å². The van der Waals surface area contributed by atoms with E-state index in [1.54, 1.807) is 0 Å². The number of aliphatic carboxylic acids is 1. The molecule has 2 rings (SSSR count). The molecule has 1 heterocycles. The van der Waals surface area contributed by atoms with Crippen LogP contribution >= 0.6 is 0 Å². The Bertz CT molecular complexity index is 584. The molecule has 1 aliphatic rings. The summed E-state index contributed by atoms with van der Waals surface area (Å²) in [5.74, 6) is -0.356. The topological polar surface area (TPSA) is 46.5 Å². The number of aryl methyl sites for hydroxylation is 1. The predicted molar refractivity (Wildman–Crippen MR) is 89.1 cm³/mol. The van der Waals surface area contributed by atoms with E-state index in [1.807, 2.05) is 19.9 Å². The van der Waals surface area contributed by atoms with E-state index in [2.05, 4.69) is 32.0 Å². The third kappa shape index (κ3) is 3.98. The number of benzene rings is 1. The van der Waals surface area contributed by atoms with Crippen LogP contribution in [0.25, 0.3) is 6.08 Å². The third-order valence-corrected chi connectivity index (χ3v) is 4.46. The molecule has 1 atom stereocenters. The summed E-state index contributed by atoms with van der Waals surface area (Å²) >= 11 is 0. The number of hydrogen-bond acceptors (Lipinski definition) is 2. The van der Waals surface area contributed by atoms with E-state index in [0.29, 0.717) is 17.9 Å². The molecule has 1 aromatic rings. The van der Waals surface area contributed by atoms with Crippen LogP contribution in [-0.2, 0) is 9.53 Å². The molecular weight excluding hydrogens is 276 g/mol. The number of carboxylic acid groups (broad SMARTS) is 1. The summed E-state index contributed by atoms with van der Waals surface area (Å²) in [4.78, 5) is 11.2. The van der Waals surface area contributed by atoms with E-state index in [-0.39, 0.29) is 5.60 Å². The van der Waals surface area contributed by atoms with Crippen LogP contribution in [0.2, 0.25) is 0 Å². The van der Waals surface area contributed by atoms with Crippen molar-refractivity contribution in [3.05, 3.63) is 40.5 Å². The molecule has 0 aromatic heterocycles. The van der Waals surface area contributed by atoms with Crippen molar-refractivity contribution in [2.24, 2.45) is 0 Å². The Kier molecular flexibility index (Phi) is 5.07. The second-order valence-corrected chi connectivity index (χ2v) is 6.74. The molecule has 1 aromatic carbocycles. The zero-order valence-electron chi connectivity index (χ0n) is 14.0. The fourth-order valence-corrected chi connectivity index (χ4v) is 3.09. The van der Waals surface area contributed by atoms with Crippen molar-refractivity contribution in [3.63, 3.8) is 0 Å². The van der Waals surface area contributed by atoms with Crippen molar-refractivity contribution >= 4 is 12.0 Å². The molecule has 0 saturated carbocycles. The Morgan fingerprint density at radius 3 is 2.77 bits per heavy atom.